The van der Waals surface area contributed by atoms with Gasteiger partial charge in [-0.15, -0.1) is 0 Å². The largest absolute Gasteiger partial charge is 0.513 e. The van der Waals surface area contributed by atoms with Crippen molar-refractivity contribution in [3.05, 3.63) is 54.2 Å². The maximum Gasteiger partial charge on any atom is 0.0858 e. The maximum absolute atomic E-state index is 8.84. The Balaban J connectivity index is 2.59. The first-order valence-electron chi connectivity index (χ1n) is 3.54. The first kappa shape index (κ1) is 7.86. The molecule has 0 saturated heterocycles. The fourth-order valence-corrected chi connectivity index (χ4v) is 0.781. The van der Waals surface area contributed by atoms with E-state index in [1.807, 2.05) is 36.8 Å². The minimum absolute atomic E-state index is 0.328. The molecule has 1 nitrogen and oxygen atoms in total. The lowest BCUT2D eigenvalue weighted by Crippen LogP contribution is -1.77. The van der Waals surface area contributed by atoms with Gasteiger partial charge in [-0.1, -0.05) is 30.3 Å². The predicted octanol–water partition coefficient (Wildman–Crippen LogP) is 2.70. The average Bonchev–Trinajstić information content (AvgIpc) is 2.03. The Bertz CT molecular complexity index is 232. The van der Waals surface area contributed by atoms with Gasteiger partial charge < -0.3 is 5.11 Å². The molecule has 0 aliphatic rings. The summed E-state index contributed by atoms with van der Waals surface area (Å²) in [5, 5.41) is 8.84. The number of aliphatic hydroxyl groups excluding tert-OH is 1. The summed E-state index contributed by atoms with van der Waals surface area (Å²) >= 11 is 0. The first-order chi connectivity index (χ1) is 5.29. The van der Waals surface area contributed by atoms with Gasteiger partial charge in [0.2, 0.25) is 0 Å². The Hall–Kier alpha value is -1.24. The zero-order valence-electron chi connectivity index (χ0n) is 6.49. The zero-order valence-corrected chi connectivity index (χ0v) is 6.49. The molecule has 0 amide bonds. The number of hydrogen-bond donors (Lipinski definition) is 1. The SMILES string of the molecule is C/C(O)=C/[CH]c1ccccc1. The highest BCUT2D eigenvalue weighted by molar-refractivity contribution is 5.27. The van der Waals surface area contributed by atoms with Crippen LogP contribution in [0.25, 0.3) is 0 Å². The summed E-state index contributed by atoms with van der Waals surface area (Å²) in [5.41, 5.74) is 1.10. The van der Waals surface area contributed by atoms with Crippen LogP contribution in [0.3, 0.4) is 0 Å². The number of rotatable bonds is 2. The molecular weight excluding hydrogens is 136 g/mol. The quantitative estimate of drug-likeness (QED) is 0.637. The van der Waals surface area contributed by atoms with Crippen molar-refractivity contribution in [1.29, 1.82) is 0 Å². The van der Waals surface area contributed by atoms with Gasteiger partial charge in [0.25, 0.3) is 0 Å². The molecule has 1 radical (unpaired) electrons. The normalized spacial score (nSPS) is 11.5. The smallest absolute Gasteiger partial charge is 0.0858 e. The van der Waals surface area contributed by atoms with Gasteiger partial charge in [0.05, 0.1) is 5.76 Å². The second-order valence-electron chi connectivity index (χ2n) is 2.39. The Labute approximate surface area is 67.0 Å². The Morgan fingerprint density at radius 3 is 2.45 bits per heavy atom. The van der Waals surface area contributed by atoms with E-state index in [-0.39, 0.29) is 0 Å². The van der Waals surface area contributed by atoms with Crippen LogP contribution in [0, 0.1) is 6.42 Å². The van der Waals surface area contributed by atoms with Crippen LogP contribution in [0.1, 0.15) is 12.5 Å². The van der Waals surface area contributed by atoms with Gasteiger partial charge in [-0.2, -0.15) is 0 Å². The zero-order chi connectivity index (χ0) is 8.10. The summed E-state index contributed by atoms with van der Waals surface area (Å²) in [6.07, 6.45) is 3.55. The molecule has 0 heterocycles. The fraction of sp³-hybridized carbons (Fsp3) is 0.100. The van der Waals surface area contributed by atoms with Gasteiger partial charge in [0.1, 0.15) is 0 Å². The summed E-state index contributed by atoms with van der Waals surface area (Å²) in [6, 6.07) is 9.87. The lowest BCUT2D eigenvalue weighted by Gasteiger charge is -1.93. The van der Waals surface area contributed by atoms with Crippen molar-refractivity contribution in [2.75, 3.05) is 0 Å². The van der Waals surface area contributed by atoms with Crippen LogP contribution in [0.4, 0.5) is 0 Å². The second-order valence-corrected chi connectivity index (χ2v) is 2.39. The van der Waals surface area contributed by atoms with E-state index >= 15 is 0 Å². The lowest BCUT2D eigenvalue weighted by atomic mass is 10.1. The maximum atomic E-state index is 8.84. The van der Waals surface area contributed by atoms with Crippen molar-refractivity contribution in [3.8, 4) is 0 Å². The Morgan fingerprint density at radius 2 is 1.91 bits per heavy atom. The van der Waals surface area contributed by atoms with Crippen LogP contribution in [0.15, 0.2) is 42.2 Å². The molecule has 57 valence electrons. The molecule has 0 saturated carbocycles. The summed E-state index contributed by atoms with van der Waals surface area (Å²) in [6.45, 7) is 1.65. The number of hydrogen-bond acceptors (Lipinski definition) is 1. The van der Waals surface area contributed by atoms with Crippen molar-refractivity contribution < 1.29 is 5.11 Å². The predicted molar refractivity (Wildman–Crippen MR) is 46.2 cm³/mol. The monoisotopic (exact) mass is 147 g/mol. The van der Waals surface area contributed by atoms with Crippen LogP contribution in [0.2, 0.25) is 0 Å². The molecule has 0 spiro atoms. The summed E-state index contributed by atoms with van der Waals surface area (Å²) in [4.78, 5) is 0. The molecule has 0 bridgehead atoms. The third-order valence-electron chi connectivity index (χ3n) is 1.32. The van der Waals surface area contributed by atoms with Gasteiger partial charge in [0.15, 0.2) is 0 Å². The molecule has 0 fully saturated rings. The van der Waals surface area contributed by atoms with E-state index in [2.05, 4.69) is 0 Å². The van der Waals surface area contributed by atoms with Crippen LogP contribution >= 0.6 is 0 Å². The van der Waals surface area contributed by atoms with Crippen molar-refractivity contribution in [2.45, 2.75) is 6.92 Å². The minimum Gasteiger partial charge on any atom is -0.513 e. The van der Waals surface area contributed by atoms with Crippen LogP contribution < -0.4 is 0 Å². The topological polar surface area (TPSA) is 20.2 Å². The Kier molecular flexibility index (Phi) is 2.73. The van der Waals surface area contributed by atoms with E-state index in [0.29, 0.717) is 5.76 Å². The van der Waals surface area contributed by atoms with E-state index in [4.69, 9.17) is 5.11 Å². The summed E-state index contributed by atoms with van der Waals surface area (Å²) in [5.74, 6) is 0.328. The van der Waals surface area contributed by atoms with Gasteiger partial charge in [0, 0.05) is 6.42 Å². The Morgan fingerprint density at radius 1 is 1.27 bits per heavy atom. The molecule has 0 aromatic heterocycles. The van der Waals surface area contributed by atoms with Gasteiger partial charge in [-0.3, -0.25) is 0 Å². The third kappa shape index (κ3) is 2.89. The van der Waals surface area contributed by atoms with Gasteiger partial charge >= 0.3 is 0 Å². The molecule has 0 aliphatic carbocycles. The molecule has 1 N–H and O–H groups in total. The standard InChI is InChI=1S/C10H11O/c1-9(11)7-8-10-5-3-2-4-6-10/h2-8,11H,1H3/b9-7-. The van der Waals surface area contributed by atoms with Crippen LogP contribution in [-0.4, -0.2) is 5.11 Å². The minimum atomic E-state index is 0.328. The van der Waals surface area contributed by atoms with Crippen LogP contribution in [0.5, 0.6) is 0 Å². The van der Waals surface area contributed by atoms with E-state index < -0.39 is 0 Å². The highest BCUT2D eigenvalue weighted by Crippen LogP contribution is 2.03. The van der Waals surface area contributed by atoms with E-state index in [1.54, 1.807) is 13.0 Å². The molecular formula is C10H11O. The third-order valence-corrected chi connectivity index (χ3v) is 1.32. The van der Waals surface area contributed by atoms with Crippen molar-refractivity contribution in [1.82, 2.24) is 0 Å². The van der Waals surface area contributed by atoms with Crippen LogP contribution in [-0.2, 0) is 0 Å². The summed E-state index contributed by atoms with van der Waals surface area (Å²) in [7, 11) is 0. The molecule has 11 heavy (non-hydrogen) atoms. The number of benzene rings is 1. The number of allylic oxidation sites excluding steroid dienone is 2. The molecule has 1 aromatic carbocycles. The second kappa shape index (κ2) is 3.81. The van der Waals surface area contributed by atoms with Crippen molar-refractivity contribution in [2.24, 2.45) is 0 Å². The molecule has 1 rings (SSSR count). The van der Waals surface area contributed by atoms with E-state index in [9.17, 15) is 0 Å². The van der Waals surface area contributed by atoms with E-state index in [1.165, 1.54) is 0 Å². The van der Waals surface area contributed by atoms with Crippen molar-refractivity contribution in [3.63, 3.8) is 0 Å². The average molecular weight is 147 g/mol. The molecule has 0 unspecified atom stereocenters. The first-order valence-corrected chi connectivity index (χ1v) is 3.54. The molecule has 0 atom stereocenters. The van der Waals surface area contributed by atoms with Gasteiger partial charge in [-0.05, 0) is 18.6 Å². The highest BCUT2D eigenvalue weighted by Gasteiger charge is 1.87. The van der Waals surface area contributed by atoms with Gasteiger partial charge in [-0.25, -0.2) is 0 Å². The molecule has 1 heteroatoms. The lowest BCUT2D eigenvalue weighted by molar-refractivity contribution is 0.414. The fourth-order valence-electron chi connectivity index (χ4n) is 0.781. The van der Waals surface area contributed by atoms with Crippen molar-refractivity contribution >= 4 is 0 Å². The summed E-state index contributed by atoms with van der Waals surface area (Å²) < 4.78 is 0. The molecule has 0 aliphatic heterocycles. The van der Waals surface area contributed by atoms with E-state index in [0.717, 1.165) is 5.56 Å². The molecule has 1 aromatic rings. The number of aliphatic hydroxyl groups is 1. The highest BCUT2D eigenvalue weighted by atomic mass is 16.3.